The highest BCUT2D eigenvalue weighted by Gasteiger charge is 2.36. The molecule has 2 heterocycles. The van der Waals surface area contributed by atoms with Crippen LogP contribution < -0.4 is 0 Å². The number of likely N-dealkylation sites (N-methyl/N-ethyl adjacent to an activating group) is 2. The van der Waals surface area contributed by atoms with Gasteiger partial charge in [0.1, 0.15) is 12.7 Å². The summed E-state index contributed by atoms with van der Waals surface area (Å²) in [5, 5.41) is 1.34. The van der Waals surface area contributed by atoms with Gasteiger partial charge in [0.15, 0.2) is 0 Å². The van der Waals surface area contributed by atoms with Crippen LogP contribution in [0.3, 0.4) is 0 Å². The number of nitrogens with zero attached hydrogens (tertiary/aromatic N) is 2. The van der Waals surface area contributed by atoms with Gasteiger partial charge in [-0.1, -0.05) is 54.4 Å². The van der Waals surface area contributed by atoms with E-state index in [1.807, 2.05) is 48.5 Å². The Morgan fingerprint density at radius 1 is 0.933 bits per heavy atom. The molecule has 2 fully saturated rings. The summed E-state index contributed by atoms with van der Waals surface area (Å²) in [5.41, 5.74) is 1.98. The average molecular weight is 451 g/mol. The lowest BCUT2D eigenvalue weighted by atomic mass is 9.93. The predicted molar refractivity (Wildman–Crippen MR) is 120 cm³/mol. The quantitative estimate of drug-likeness (QED) is 0.684. The summed E-state index contributed by atoms with van der Waals surface area (Å²) in [5.74, 6) is -0.0369. The third-order valence-corrected chi connectivity index (χ3v) is 5.95. The van der Waals surface area contributed by atoms with Crippen molar-refractivity contribution in [1.29, 1.82) is 0 Å². The highest BCUT2D eigenvalue weighted by Crippen LogP contribution is 2.39. The molecule has 0 bridgehead atoms. The van der Waals surface area contributed by atoms with Crippen LogP contribution in [0.2, 0.25) is 10.0 Å². The van der Waals surface area contributed by atoms with Crippen LogP contribution in [0.5, 0.6) is 0 Å². The Bertz CT molecular complexity index is 808. The van der Waals surface area contributed by atoms with Crippen molar-refractivity contribution < 1.29 is 14.3 Å². The van der Waals surface area contributed by atoms with Crippen LogP contribution in [0.1, 0.15) is 30.2 Å². The zero-order valence-corrected chi connectivity index (χ0v) is 18.9. The Morgan fingerprint density at radius 2 is 1.47 bits per heavy atom. The molecule has 0 aromatic heterocycles. The van der Waals surface area contributed by atoms with Crippen molar-refractivity contribution in [1.82, 2.24) is 9.80 Å². The van der Waals surface area contributed by atoms with Crippen molar-refractivity contribution >= 4 is 29.1 Å². The second-order valence-corrected chi connectivity index (χ2v) is 8.20. The smallest absolute Gasteiger partial charge is 0.248 e. The fourth-order valence-corrected chi connectivity index (χ4v) is 3.87. The molecule has 5 nitrogen and oxygen atoms in total. The molecule has 2 aliphatic heterocycles. The number of amides is 1. The maximum Gasteiger partial charge on any atom is 0.248 e. The number of ether oxygens (including phenoxy) is 2. The highest BCUT2D eigenvalue weighted by atomic mass is 35.5. The summed E-state index contributed by atoms with van der Waals surface area (Å²) in [7, 11) is 1.80. The van der Waals surface area contributed by atoms with Gasteiger partial charge in [0.2, 0.25) is 5.91 Å². The Kier molecular flexibility index (Phi) is 8.54. The Labute approximate surface area is 188 Å². The third kappa shape index (κ3) is 5.96. The van der Waals surface area contributed by atoms with E-state index in [0.717, 1.165) is 37.4 Å². The molecule has 0 spiro atoms. The lowest BCUT2D eigenvalue weighted by molar-refractivity contribution is -0.155. The number of carbonyl (C=O) groups is 1. The van der Waals surface area contributed by atoms with Gasteiger partial charge in [-0.05, 0) is 41.9 Å². The summed E-state index contributed by atoms with van der Waals surface area (Å²) >= 11 is 11.9. The summed E-state index contributed by atoms with van der Waals surface area (Å²) in [6.45, 7) is 7.53. The van der Waals surface area contributed by atoms with Crippen LogP contribution in [0.15, 0.2) is 48.5 Å². The Hall–Kier alpha value is -1.63. The number of hydrogen-bond acceptors (Lipinski definition) is 4. The molecular weight excluding hydrogens is 423 g/mol. The molecule has 2 saturated heterocycles. The molecule has 0 radical (unpaired) electrons. The highest BCUT2D eigenvalue weighted by molar-refractivity contribution is 6.30. The molecule has 0 N–H and O–H groups in total. The largest absolute Gasteiger partial charge is 0.379 e. The maximum absolute atomic E-state index is 12.0. The molecule has 4 rings (SSSR count). The van der Waals surface area contributed by atoms with Gasteiger partial charge >= 0.3 is 0 Å². The standard InChI is InChI=1S/C17H15Cl2NO2.C6H13NO/c1-20-15(21)10-22-17(12-4-8-14(19)9-5-12)16(20)11-2-6-13(18)7-3-11;1-2-7-3-5-8-6-4-7/h2-9,16-17H,10H2,1H3;2-6H2,1H3. The van der Waals surface area contributed by atoms with Crippen LogP contribution >= 0.6 is 23.2 Å². The van der Waals surface area contributed by atoms with Gasteiger partial charge in [0.05, 0.1) is 19.3 Å². The second kappa shape index (κ2) is 11.1. The number of halogens is 2. The monoisotopic (exact) mass is 450 g/mol. The fraction of sp³-hybridized carbons (Fsp3) is 0.435. The zero-order valence-electron chi connectivity index (χ0n) is 17.4. The lowest BCUT2D eigenvalue weighted by Crippen LogP contribution is -2.43. The van der Waals surface area contributed by atoms with Crippen LogP contribution in [-0.2, 0) is 14.3 Å². The van der Waals surface area contributed by atoms with Crippen molar-refractivity contribution in [3.63, 3.8) is 0 Å². The van der Waals surface area contributed by atoms with Crippen LogP contribution in [-0.4, -0.2) is 62.2 Å². The van der Waals surface area contributed by atoms with Gasteiger partial charge in [-0.15, -0.1) is 0 Å². The van der Waals surface area contributed by atoms with E-state index in [2.05, 4.69) is 11.8 Å². The number of carbonyl (C=O) groups excluding carboxylic acids is 1. The second-order valence-electron chi connectivity index (χ2n) is 7.33. The molecule has 0 saturated carbocycles. The molecule has 1 amide bonds. The minimum Gasteiger partial charge on any atom is -0.379 e. The topological polar surface area (TPSA) is 42.0 Å². The molecule has 0 aliphatic carbocycles. The molecule has 2 atom stereocenters. The summed E-state index contributed by atoms with van der Waals surface area (Å²) in [6, 6.07) is 14.8. The van der Waals surface area contributed by atoms with Crippen LogP contribution in [0.4, 0.5) is 0 Å². The average Bonchev–Trinajstić information content (AvgIpc) is 2.78. The van der Waals surface area contributed by atoms with E-state index in [0.29, 0.717) is 10.0 Å². The van der Waals surface area contributed by atoms with Gasteiger partial charge in [0.25, 0.3) is 0 Å². The first-order valence-electron chi connectivity index (χ1n) is 10.2. The molecule has 7 heteroatoms. The Balaban J connectivity index is 0.000000269. The zero-order chi connectivity index (χ0) is 21.5. The summed E-state index contributed by atoms with van der Waals surface area (Å²) < 4.78 is 11.0. The van der Waals surface area contributed by atoms with E-state index < -0.39 is 0 Å². The van der Waals surface area contributed by atoms with E-state index in [9.17, 15) is 4.79 Å². The van der Waals surface area contributed by atoms with Crippen LogP contribution in [0.25, 0.3) is 0 Å². The first kappa shape index (κ1) is 23.0. The van der Waals surface area contributed by atoms with E-state index in [1.54, 1.807) is 11.9 Å². The SMILES string of the molecule is CCN1CCOCC1.CN1C(=O)COC(c2ccc(Cl)cc2)C1c1ccc(Cl)cc1. The molecule has 2 aliphatic rings. The normalized spacial score (nSPS) is 22.4. The fourth-order valence-electron chi connectivity index (χ4n) is 3.62. The van der Waals surface area contributed by atoms with Gasteiger partial charge in [-0.25, -0.2) is 0 Å². The minimum absolute atomic E-state index is 0.0369. The number of benzene rings is 2. The predicted octanol–water partition coefficient (Wildman–Crippen LogP) is 4.60. The van der Waals surface area contributed by atoms with Crippen molar-refractivity contribution in [2.75, 3.05) is 46.5 Å². The van der Waals surface area contributed by atoms with E-state index in [-0.39, 0.29) is 24.7 Å². The molecule has 2 unspecified atom stereocenters. The number of hydrogen-bond donors (Lipinski definition) is 0. The number of rotatable bonds is 3. The first-order valence-corrected chi connectivity index (χ1v) is 10.9. The van der Waals surface area contributed by atoms with E-state index >= 15 is 0 Å². The van der Waals surface area contributed by atoms with Crippen molar-refractivity contribution in [2.45, 2.75) is 19.1 Å². The van der Waals surface area contributed by atoms with Crippen molar-refractivity contribution in [3.8, 4) is 0 Å². The molecular formula is C23H28Cl2N2O3. The molecule has 2 aromatic carbocycles. The van der Waals surface area contributed by atoms with Gasteiger partial charge < -0.3 is 14.4 Å². The maximum atomic E-state index is 12.0. The third-order valence-electron chi connectivity index (χ3n) is 5.44. The molecule has 162 valence electrons. The van der Waals surface area contributed by atoms with Gasteiger partial charge in [-0.3, -0.25) is 9.69 Å². The first-order chi connectivity index (χ1) is 14.5. The lowest BCUT2D eigenvalue weighted by Gasteiger charge is -2.39. The Morgan fingerprint density at radius 3 is 1.97 bits per heavy atom. The minimum atomic E-state index is -0.235. The van der Waals surface area contributed by atoms with Gasteiger partial charge in [0, 0.05) is 30.2 Å². The van der Waals surface area contributed by atoms with Gasteiger partial charge in [-0.2, -0.15) is 0 Å². The molecule has 2 aromatic rings. The number of morpholine rings is 2. The van der Waals surface area contributed by atoms with E-state index in [1.165, 1.54) is 6.54 Å². The summed E-state index contributed by atoms with van der Waals surface area (Å²) in [6.07, 6.45) is -0.235. The van der Waals surface area contributed by atoms with Crippen molar-refractivity contribution in [2.24, 2.45) is 0 Å². The molecule has 30 heavy (non-hydrogen) atoms. The summed E-state index contributed by atoms with van der Waals surface area (Å²) in [4.78, 5) is 16.2. The van der Waals surface area contributed by atoms with E-state index in [4.69, 9.17) is 32.7 Å². The van der Waals surface area contributed by atoms with Crippen molar-refractivity contribution in [3.05, 3.63) is 69.7 Å². The van der Waals surface area contributed by atoms with Crippen LogP contribution in [0, 0.1) is 0 Å².